The van der Waals surface area contributed by atoms with Crippen LogP contribution < -0.4 is 0 Å². The summed E-state index contributed by atoms with van der Waals surface area (Å²) in [7, 11) is 0. The van der Waals surface area contributed by atoms with E-state index in [1.165, 1.54) is 33.6 Å². The van der Waals surface area contributed by atoms with Crippen LogP contribution in [0.15, 0.2) is 12.1 Å². The predicted molar refractivity (Wildman–Crippen MR) is 81.6 cm³/mol. The number of nitrogens with zero attached hydrogens (tertiary/aromatic N) is 1. The highest BCUT2D eigenvalue weighted by molar-refractivity contribution is 7.11. The maximum atomic E-state index is 10.8. The molecule has 0 aliphatic heterocycles. The van der Waals surface area contributed by atoms with E-state index in [1.54, 1.807) is 0 Å². The van der Waals surface area contributed by atoms with Crippen molar-refractivity contribution >= 4 is 17.3 Å². The highest BCUT2D eigenvalue weighted by Crippen LogP contribution is 2.26. The number of aromatic nitrogens is 1. The maximum absolute atomic E-state index is 10.8. The smallest absolute Gasteiger partial charge is 0.310 e. The third-order valence-electron chi connectivity index (χ3n) is 3.42. The number of aliphatic carboxylic acids is 1. The summed E-state index contributed by atoms with van der Waals surface area (Å²) in [6.07, 6.45) is 0.846. The molecule has 2 aromatic rings. The Morgan fingerprint density at radius 2 is 1.80 bits per heavy atom. The molecule has 1 aromatic heterocycles. The van der Waals surface area contributed by atoms with Crippen LogP contribution in [0.4, 0.5) is 0 Å². The molecule has 1 heterocycles. The van der Waals surface area contributed by atoms with Crippen molar-refractivity contribution < 1.29 is 9.90 Å². The van der Waals surface area contributed by atoms with Crippen LogP contribution >= 0.6 is 11.3 Å². The number of rotatable bonds is 4. The molecular weight excluding hydrogens is 270 g/mol. The summed E-state index contributed by atoms with van der Waals surface area (Å²) >= 11 is 1.51. The fourth-order valence-electron chi connectivity index (χ4n) is 2.51. The first-order chi connectivity index (χ1) is 9.36. The standard InChI is InChI=1S/C16H19NO2S/c1-9-5-10(2)13(11(3)6-9)7-14-12(4)17-15(20-14)8-16(18)19/h5-6H,7-8H2,1-4H3,(H,18,19). The summed E-state index contributed by atoms with van der Waals surface area (Å²) in [5.41, 5.74) is 6.12. The molecule has 2 rings (SSSR count). The van der Waals surface area contributed by atoms with Crippen molar-refractivity contribution in [3.63, 3.8) is 0 Å². The molecule has 0 unspecified atom stereocenters. The fraction of sp³-hybridized carbons (Fsp3) is 0.375. The average molecular weight is 289 g/mol. The summed E-state index contributed by atoms with van der Waals surface area (Å²) in [5, 5.41) is 9.53. The monoisotopic (exact) mass is 289 g/mol. The number of hydrogen-bond donors (Lipinski definition) is 1. The lowest BCUT2D eigenvalue weighted by Gasteiger charge is -2.10. The number of carboxylic acid groups (broad SMARTS) is 1. The Hall–Kier alpha value is -1.68. The summed E-state index contributed by atoms with van der Waals surface area (Å²) < 4.78 is 0. The van der Waals surface area contributed by atoms with Crippen molar-refractivity contribution in [1.82, 2.24) is 4.98 Å². The molecule has 0 radical (unpaired) electrons. The minimum absolute atomic E-state index is 0.0113. The van der Waals surface area contributed by atoms with Crippen LogP contribution in [-0.4, -0.2) is 16.1 Å². The van der Waals surface area contributed by atoms with Crippen LogP contribution in [0.1, 0.15) is 37.8 Å². The Morgan fingerprint density at radius 3 is 2.35 bits per heavy atom. The van der Waals surface area contributed by atoms with Gasteiger partial charge >= 0.3 is 5.97 Å². The molecule has 0 bridgehead atoms. The van der Waals surface area contributed by atoms with E-state index in [9.17, 15) is 4.79 Å². The van der Waals surface area contributed by atoms with Crippen LogP contribution in [0.25, 0.3) is 0 Å². The average Bonchev–Trinajstić information content (AvgIpc) is 2.63. The molecule has 0 aliphatic rings. The van der Waals surface area contributed by atoms with E-state index in [0.29, 0.717) is 5.01 Å². The van der Waals surface area contributed by atoms with Gasteiger partial charge in [-0.25, -0.2) is 4.98 Å². The van der Waals surface area contributed by atoms with Crippen molar-refractivity contribution in [2.45, 2.75) is 40.5 Å². The topological polar surface area (TPSA) is 50.2 Å². The lowest BCUT2D eigenvalue weighted by atomic mass is 9.96. The largest absolute Gasteiger partial charge is 0.481 e. The maximum Gasteiger partial charge on any atom is 0.310 e. The number of hydrogen-bond acceptors (Lipinski definition) is 3. The summed E-state index contributed by atoms with van der Waals surface area (Å²) in [6.45, 7) is 8.32. The Bertz CT molecular complexity index is 635. The first-order valence-electron chi connectivity index (χ1n) is 6.60. The van der Waals surface area contributed by atoms with Gasteiger partial charge in [0, 0.05) is 11.3 Å². The van der Waals surface area contributed by atoms with Crippen molar-refractivity contribution in [2.75, 3.05) is 0 Å². The van der Waals surface area contributed by atoms with E-state index >= 15 is 0 Å². The minimum atomic E-state index is -0.826. The Kier molecular flexibility index (Phi) is 4.23. The van der Waals surface area contributed by atoms with E-state index < -0.39 is 5.97 Å². The minimum Gasteiger partial charge on any atom is -0.481 e. The van der Waals surface area contributed by atoms with Crippen molar-refractivity contribution in [1.29, 1.82) is 0 Å². The number of thiazole rings is 1. The molecule has 0 aliphatic carbocycles. The molecule has 3 nitrogen and oxygen atoms in total. The molecule has 0 saturated heterocycles. The third kappa shape index (κ3) is 3.25. The molecule has 1 N–H and O–H groups in total. The zero-order valence-electron chi connectivity index (χ0n) is 12.3. The molecule has 0 atom stereocenters. The Morgan fingerprint density at radius 1 is 1.20 bits per heavy atom. The fourth-order valence-corrected chi connectivity index (χ4v) is 3.58. The molecule has 106 valence electrons. The van der Waals surface area contributed by atoms with E-state index in [-0.39, 0.29) is 6.42 Å². The number of carbonyl (C=O) groups is 1. The normalized spacial score (nSPS) is 10.8. The first kappa shape index (κ1) is 14.7. The van der Waals surface area contributed by atoms with Crippen molar-refractivity contribution in [3.8, 4) is 0 Å². The van der Waals surface area contributed by atoms with Gasteiger partial charge < -0.3 is 5.11 Å². The second-order valence-electron chi connectivity index (χ2n) is 5.24. The lowest BCUT2D eigenvalue weighted by molar-refractivity contribution is -0.136. The van der Waals surface area contributed by atoms with Gasteiger partial charge in [-0.1, -0.05) is 17.7 Å². The molecule has 4 heteroatoms. The van der Waals surface area contributed by atoms with E-state index in [1.807, 2.05) is 6.92 Å². The number of benzene rings is 1. The van der Waals surface area contributed by atoms with Gasteiger partial charge in [0.15, 0.2) is 0 Å². The van der Waals surface area contributed by atoms with Gasteiger partial charge in [0.2, 0.25) is 0 Å². The highest BCUT2D eigenvalue weighted by Gasteiger charge is 2.13. The summed E-state index contributed by atoms with van der Waals surface area (Å²) in [5.74, 6) is -0.826. The van der Waals surface area contributed by atoms with Crippen LogP contribution in [0.5, 0.6) is 0 Å². The molecule has 0 fully saturated rings. The van der Waals surface area contributed by atoms with E-state index in [4.69, 9.17) is 5.11 Å². The van der Waals surface area contributed by atoms with Crippen LogP contribution in [0.3, 0.4) is 0 Å². The SMILES string of the molecule is Cc1cc(C)c(Cc2sc(CC(=O)O)nc2C)c(C)c1. The Labute approximate surface area is 123 Å². The third-order valence-corrected chi connectivity index (χ3v) is 4.57. The summed E-state index contributed by atoms with van der Waals surface area (Å²) in [6, 6.07) is 4.38. The van der Waals surface area contributed by atoms with Crippen LogP contribution in [-0.2, 0) is 17.6 Å². The van der Waals surface area contributed by atoms with Gasteiger partial charge in [0.25, 0.3) is 0 Å². The van der Waals surface area contributed by atoms with Crippen LogP contribution in [0.2, 0.25) is 0 Å². The van der Waals surface area contributed by atoms with Gasteiger partial charge in [0.1, 0.15) is 5.01 Å². The van der Waals surface area contributed by atoms with Crippen LogP contribution in [0, 0.1) is 27.7 Å². The van der Waals surface area contributed by atoms with Crippen molar-refractivity contribution in [2.24, 2.45) is 0 Å². The molecule has 20 heavy (non-hydrogen) atoms. The van der Waals surface area contributed by atoms with E-state index in [2.05, 4.69) is 37.9 Å². The van der Waals surface area contributed by atoms with Gasteiger partial charge in [-0.2, -0.15) is 0 Å². The van der Waals surface area contributed by atoms with Gasteiger partial charge in [-0.3, -0.25) is 4.79 Å². The van der Waals surface area contributed by atoms with E-state index in [0.717, 1.165) is 17.0 Å². The highest BCUT2D eigenvalue weighted by atomic mass is 32.1. The predicted octanol–water partition coefficient (Wildman–Crippen LogP) is 3.59. The second kappa shape index (κ2) is 5.75. The summed E-state index contributed by atoms with van der Waals surface area (Å²) in [4.78, 5) is 16.3. The zero-order chi connectivity index (χ0) is 14.9. The second-order valence-corrected chi connectivity index (χ2v) is 6.41. The van der Waals surface area contributed by atoms with Crippen molar-refractivity contribution in [3.05, 3.63) is 50.0 Å². The first-order valence-corrected chi connectivity index (χ1v) is 7.42. The Balaban J connectivity index is 2.31. The quantitative estimate of drug-likeness (QED) is 0.935. The molecule has 0 spiro atoms. The molecule has 1 aromatic carbocycles. The number of carboxylic acids is 1. The van der Waals surface area contributed by atoms with Gasteiger partial charge in [-0.15, -0.1) is 11.3 Å². The number of aryl methyl sites for hydroxylation is 4. The van der Waals surface area contributed by atoms with Gasteiger partial charge in [0.05, 0.1) is 12.1 Å². The zero-order valence-corrected chi connectivity index (χ0v) is 13.1. The van der Waals surface area contributed by atoms with Gasteiger partial charge in [-0.05, 0) is 44.4 Å². The molecular formula is C16H19NO2S. The molecule has 0 saturated carbocycles. The molecule has 0 amide bonds. The lowest BCUT2D eigenvalue weighted by Crippen LogP contribution is -1.98.